The number of rotatable bonds is 10. The van der Waals surface area contributed by atoms with E-state index in [4.69, 9.17) is 4.52 Å². The highest BCUT2D eigenvalue weighted by atomic mass is 127. The summed E-state index contributed by atoms with van der Waals surface area (Å²) in [6, 6.07) is 9.78. The van der Waals surface area contributed by atoms with Gasteiger partial charge in [-0.1, -0.05) is 45.0 Å². The fraction of sp³-hybridized carbons (Fsp3) is 0.522. The molecule has 0 aliphatic carbocycles. The lowest BCUT2D eigenvalue weighted by Gasteiger charge is -2.10. The molecule has 0 fully saturated rings. The molecule has 0 saturated carbocycles. The lowest BCUT2D eigenvalue weighted by atomic mass is 9.99. The molecule has 7 nitrogen and oxygen atoms in total. The third kappa shape index (κ3) is 8.88. The number of nitrogens with zero attached hydrogens (tertiary/aromatic N) is 2. The van der Waals surface area contributed by atoms with Gasteiger partial charge in [0.2, 0.25) is 5.91 Å². The third-order valence-corrected chi connectivity index (χ3v) is 4.92. The molecule has 0 atom stereocenters. The molecular weight excluding hydrogens is 505 g/mol. The van der Waals surface area contributed by atoms with Crippen molar-refractivity contribution in [2.75, 3.05) is 11.9 Å². The molecule has 0 spiro atoms. The smallest absolute Gasteiger partial charge is 0.226 e. The summed E-state index contributed by atoms with van der Waals surface area (Å²) in [5, 5.41) is 13.6. The highest BCUT2D eigenvalue weighted by Gasteiger charge is 2.13. The summed E-state index contributed by atoms with van der Waals surface area (Å²) >= 11 is 0. The van der Waals surface area contributed by atoms with Crippen LogP contribution >= 0.6 is 24.0 Å². The first-order chi connectivity index (χ1) is 14.5. The SMILES string of the molecule is CCNC(=NCc1ccc(NC(=O)C(C)C)cc1)NCc1cc(C(CC)CC)no1.I. The van der Waals surface area contributed by atoms with E-state index >= 15 is 0 Å². The largest absolute Gasteiger partial charge is 0.359 e. The highest BCUT2D eigenvalue weighted by molar-refractivity contribution is 14.0. The number of aromatic nitrogens is 1. The topological polar surface area (TPSA) is 91.5 Å². The lowest BCUT2D eigenvalue weighted by Crippen LogP contribution is -2.36. The van der Waals surface area contributed by atoms with Crippen molar-refractivity contribution in [1.82, 2.24) is 15.8 Å². The minimum atomic E-state index is -0.0432. The summed E-state index contributed by atoms with van der Waals surface area (Å²) in [4.78, 5) is 16.4. The molecule has 3 N–H and O–H groups in total. The Hall–Kier alpha value is -2.10. The molecule has 31 heavy (non-hydrogen) atoms. The average Bonchev–Trinajstić information content (AvgIpc) is 3.20. The molecular formula is C23H36IN5O2. The Labute approximate surface area is 202 Å². The van der Waals surface area contributed by atoms with Crippen LogP contribution in [0.1, 0.15) is 70.4 Å². The second-order valence-corrected chi connectivity index (χ2v) is 7.62. The molecule has 0 aliphatic heterocycles. The van der Waals surface area contributed by atoms with Crippen LogP contribution in [0.25, 0.3) is 0 Å². The molecule has 0 unspecified atom stereocenters. The molecule has 172 valence electrons. The number of aliphatic imine (C=N–C) groups is 1. The van der Waals surface area contributed by atoms with Crippen molar-refractivity contribution in [3.8, 4) is 0 Å². The quantitative estimate of drug-likeness (QED) is 0.223. The van der Waals surface area contributed by atoms with Crippen molar-refractivity contribution in [3.05, 3.63) is 47.3 Å². The van der Waals surface area contributed by atoms with E-state index in [1.54, 1.807) is 0 Å². The van der Waals surface area contributed by atoms with E-state index in [0.29, 0.717) is 19.0 Å². The predicted molar refractivity (Wildman–Crippen MR) is 137 cm³/mol. The number of carbonyl (C=O) groups excluding carboxylic acids is 1. The van der Waals surface area contributed by atoms with Crippen molar-refractivity contribution < 1.29 is 9.32 Å². The Bertz CT molecular complexity index is 814. The highest BCUT2D eigenvalue weighted by Crippen LogP contribution is 2.22. The molecule has 1 amide bonds. The van der Waals surface area contributed by atoms with Crippen LogP contribution in [0.2, 0.25) is 0 Å². The number of guanidine groups is 1. The van der Waals surface area contributed by atoms with Crippen molar-refractivity contribution in [3.63, 3.8) is 0 Å². The van der Waals surface area contributed by atoms with Crippen LogP contribution in [0.3, 0.4) is 0 Å². The minimum absolute atomic E-state index is 0. The number of hydrogen-bond donors (Lipinski definition) is 3. The van der Waals surface area contributed by atoms with Crippen molar-refractivity contribution in [2.45, 2.75) is 66.5 Å². The molecule has 1 aromatic heterocycles. The second kappa shape index (κ2) is 14.1. The van der Waals surface area contributed by atoms with Gasteiger partial charge in [0.05, 0.1) is 18.8 Å². The van der Waals surface area contributed by atoms with Crippen LogP contribution in [0.4, 0.5) is 5.69 Å². The first kappa shape index (κ1) is 26.9. The summed E-state index contributed by atoms with van der Waals surface area (Å²) in [5.74, 6) is 1.93. The van der Waals surface area contributed by atoms with Crippen LogP contribution in [-0.2, 0) is 17.9 Å². The van der Waals surface area contributed by atoms with E-state index in [0.717, 1.165) is 48.1 Å². The number of anilines is 1. The van der Waals surface area contributed by atoms with Crippen LogP contribution in [0, 0.1) is 5.92 Å². The predicted octanol–water partition coefficient (Wildman–Crippen LogP) is 5.05. The van der Waals surface area contributed by atoms with Crippen LogP contribution in [-0.4, -0.2) is 23.6 Å². The number of nitrogens with one attached hydrogen (secondary N) is 3. The Morgan fingerprint density at radius 2 is 1.77 bits per heavy atom. The second-order valence-electron chi connectivity index (χ2n) is 7.62. The molecule has 1 heterocycles. The van der Waals surface area contributed by atoms with Gasteiger partial charge in [0.1, 0.15) is 0 Å². The Kier molecular flexibility index (Phi) is 12.2. The average molecular weight is 541 g/mol. The van der Waals surface area contributed by atoms with Crippen molar-refractivity contribution >= 4 is 41.5 Å². The van der Waals surface area contributed by atoms with Gasteiger partial charge in [-0.2, -0.15) is 0 Å². The maximum atomic E-state index is 11.8. The van der Waals surface area contributed by atoms with Gasteiger partial charge in [0.25, 0.3) is 0 Å². The van der Waals surface area contributed by atoms with Crippen LogP contribution < -0.4 is 16.0 Å². The molecule has 8 heteroatoms. The Balaban J connectivity index is 0.00000480. The van der Waals surface area contributed by atoms with Crippen LogP contribution in [0.5, 0.6) is 0 Å². The van der Waals surface area contributed by atoms with E-state index in [2.05, 4.69) is 39.9 Å². The zero-order chi connectivity index (χ0) is 21.9. The normalized spacial score (nSPS) is 11.4. The van der Waals surface area contributed by atoms with E-state index < -0.39 is 0 Å². The lowest BCUT2D eigenvalue weighted by molar-refractivity contribution is -0.118. The zero-order valence-corrected chi connectivity index (χ0v) is 21.5. The van der Waals surface area contributed by atoms with E-state index in [1.165, 1.54) is 0 Å². The number of amides is 1. The summed E-state index contributed by atoms with van der Waals surface area (Å²) < 4.78 is 5.47. The molecule has 0 aliphatic rings. The summed E-state index contributed by atoms with van der Waals surface area (Å²) in [6.07, 6.45) is 2.11. The molecule has 1 aromatic carbocycles. The number of hydrogen-bond acceptors (Lipinski definition) is 4. The van der Waals surface area contributed by atoms with Gasteiger partial charge in [-0.05, 0) is 37.5 Å². The third-order valence-electron chi connectivity index (χ3n) is 4.92. The van der Waals surface area contributed by atoms with Gasteiger partial charge in [-0.25, -0.2) is 4.99 Å². The molecule has 2 rings (SSSR count). The maximum Gasteiger partial charge on any atom is 0.226 e. The summed E-state index contributed by atoms with van der Waals surface area (Å²) in [5.41, 5.74) is 2.87. The Morgan fingerprint density at radius 1 is 1.10 bits per heavy atom. The number of carbonyl (C=O) groups is 1. The van der Waals surface area contributed by atoms with E-state index in [9.17, 15) is 4.79 Å². The first-order valence-corrected chi connectivity index (χ1v) is 10.8. The van der Waals surface area contributed by atoms with Gasteiger partial charge in [-0.15, -0.1) is 24.0 Å². The maximum absolute atomic E-state index is 11.8. The first-order valence-electron chi connectivity index (χ1n) is 10.8. The zero-order valence-electron chi connectivity index (χ0n) is 19.2. The monoisotopic (exact) mass is 541 g/mol. The van der Waals surface area contributed by atoms with Gasteiger partial charge >= 0.3 is 0 Å². The van der Waals surface area contributed by atoms with Gasteiger partial charge in [0, 0.05) is 30.1 Å². The Morgan fingerprint density at radius 3 is 2.35 bits per heavy atom. The van der Waals surface area contributed by atoms with Crippen LogP contribution in [0.15, 0.2) is 39.8 Å². The standard InChI is InChI=1S/C23H35N5O2.HI/c1-6-18(7-2)21-13-20(30-28-21)15-26-23(24-8-3)25-14-17-9-11-19(12-10-17)27-22(29)16(4)5;/h9-13,16,18H,6-8,14-15H2,1-5H3,(H,27,29)(H2,24,25,26);1H. The summed E-state index contributed by atoms with van der Waals surface area (Å²) in [7, 11) is 0. The molecule has 0 bridgehead atoms. The van der Waals surface area contributed by atoms with Gasteiger partial charge in [-0.3, -0.25) is 4.79 Å². The van der Waals surface area contributed by atoms with Crippen molar-refractivity contribution in [1.29, 1.82) is 0 Å². The number of halogens is 1. The molecule has 0 radical (unpaired) electrons. The number of benzene rings is 1. The van der Waals surface area contributed by atoms with E-state index in [-0.39, 0.29) is 35.8 Å². The minimum Gasteiger partial charge on any atom is -0.359 e. The molecule has 2 aromatic rings. The fourth-order valence-electron chi connectivity index (χ4n) is 2.97. The van der Waals surface area contributed by atoms with E-state index in [1.807, 2.05) is 51.1 Å². The molecule has 0 saturated heterocycles. The van der Waals surface area contributed by atoms with Gasteiger partial charge < -0.3 is 20.5 Å². The summed E-state index contributed by atoms with van der Waals surface area (Å²) in [6.45, 7) is 11.9. The fourth-order valence-corrected chi connectivity index (χ4v) is 2.97. The van der Waals surface area contributed by atoms with Gasteiger partial charge in [0.15, 0.2) is 11.7 Å². The van der Waals surface area contributed by atoms with Crippen molar-refractivity contribution in [2.24, 2.45) is 10.9 Å².